The molecule has 2 aromatic rings. The summed E-state index contributed by atoms with van der Waals surface area (Å²) < 4.78 is 41.7. The summed E-state index contributed by atoms with van der Waals surface area (Å²) in [6.45, 7) is 3.71. The number of imidazole rings is 1. The van der Waals surface area contributed by atoms with E-state index in [2.05, 4.69) is 4.98 Å². The highest BCUT2D eigenvalue weighted by molar-refractivity contribution is 5.80. The van der Waals surface area contributed by atoms with Gasteiger partial charge in [-0.1, -0.05) is 13.8 Å². The van der Waals surface area contributed by atoms with Crippen LogP contribution in [0.15, 0.2) is 18.2 Å². The molecule has 0 spiro atoms. The molecule has 0 atom stereocenters. The number of hydrogen-bond donors (Lipinski definition) is 1. The zero-order valence-corrected chi connectivity index (χ0v) is 11.3. The number of nitrogen functional groups attached to an aromatic ring is 1. The SMILES string of the molecule is CC(C)c1nc2cc(N)ccc2n1C1(C(F)(F)F)CC1. The van der Waals surface area contributed by atoms with E-state index in [1.54, 1.807) is 18.2 Å². The molecule has 1 aromatic heterocycles. The first-order valence-corrected chi connectivity index (χ1v) is 6.61. The first-order valence-electron chi connectivity index (χ1n) is 6.61. The Morgan fingerprint density at radius 3 is 2.45 bits per heavy atom. The summed E-state index contributed by atoms with van der Waals surface area (Å²) in [6, 6.07) is 4.89. The molecule has 1 heterocycles. The molecular formula is C14H16F3N3. The maximum absolute atomic E-state index is 13.4. The summed E-state index contributed by atoms with van der Waals surface area (Å²) in [5.74, 6) is 0.392. The van der Waals surface area contributed by atoms with Crippen molar-refractivity contribution in [3.05, 3.63) is 24.0 Å². The monoisotopic (exact) mass is 283 g/mol. The van der Waals surface area contributed by atoms with Gasteiger partial charge in [0.25, 0.3) is 0 Å². The Labute approximate surface area is 114 Å². The second-order valence-electron chi connectivity index (χ2n) is 5.74. The van der Waals surface area contributed by atoms with Crippen molar-refractivity contribution >= 4 is 16.7 Å². The molecule has 1 aliphatic carbocycles. The molecule has 0 bridgehead atoms. The average molecular weight is 283 g/mol. The highest BCUT2D eigenvalue weighted by Gasteiger charge is 2.65. The Balaban J connectivity index is 2.31. The minimum atomic E-state index is -4.26. The Bertz CT molecular complexity index is 666. The number of rotatable bonds is 2. The van der Waals surface area contributed by atoms with Crippen LogP contribution in [0.1, 0.15) is 38.4 Å². The van der Waals surface area contributed by atoms with Crippen molar-refractivity contribution in [1.82, 2.24) is 9.55 Å². The highest BCUT2D eigenvalue weighted by atomic mass is 19.4. The minimum absolute atomic E-state index is 0.0801. The second kappa shape index (κ2) is 3.90. The van der Waals surface area contributed by atoms with Crippen molar-refractivity contribution < 1.29 is 13.2 Å². The van der Waals surface area contributed by atoms with E-state index in [1.165, 1.54) is 4.57 Å². The van der Waals surface area contributed by atoms with Crippen LogP contribution in [0.25, 0.3) is 11.0 Å². The second-order valence-corrected chi connectivity index (χ2v) is 5.74. The van der Waals surface area contributed by atoms with Gasteiger partial charge in [-0.25, -0.2) is 4.98 Å². The Hall–Kier alpha value is -1.72. The van der Waals surface area contributed by atoms with Crippen LogP contribution in [0.4, 0.5) is 18.9 Å². The normalized spacial score (nSPS) is 17.9. The van der Waals surface area contributed by atoms with Crippen molar-refractivity contribution in [1.29, 1.82) is 0 Å². The van der Waals surface area contributed by atoms with E-state index in [0.717, 1.165) is 0 Å². The van der Waals surface area contributed by atoms with Crippen LogP contribution in [0, 0.1) is 0 Å². The molecule has 1 saturated carbocycles. The van der Waals surface area contributed by atoms with Gasteiger partial charge in [0, 0.05) is 11.6 Å². The summed E-state index contributed by atoms with van der Waals surface area (Å²) in [5, 5.41) is 0. The quantitative estimate of drug-likeness (QED) is 0.852. The van der Waals surface area contributed by atoms with Crippen LogP contribution in [-0.2, 0) is 5.54 Å². The number of aromatic nitrogens is 2. The van der Waals surface area contributed by atoms with Gasteiger partial charge >= 0.3 is 6.18 Å². The fraction of sp³-hybridized carbons (Fsp3) is 0.500. The largest absolute Gasteiger partial charge is 0.412 e. The van der Waals surface area contributed by atoms with Gasteiger partial charge in [0.05, 0.1) is 11.0 Å². The lowest BCUT2D eigenvalue weighted by atomic mass is 10.1. The van der Waals surface area contributed by atoms with Crippen LogP contribution in [0.3, 0.4) is 0 Å². The third-order valence-corrected chi connectivity index (χ3v) is 3.90. The topological polar surface area (TPSA) is 43.8 Å². The molecule has 2 N–H and O–H groups in total. The predicted molar refractivity (Wildman–Crippen MR) is 71.5 cm³/mol. The van der Waals surface area contributed by atoms with Crippen LogP contribution >= 0.6 is 0 Å². The number of alkyl halides is 3. The lowest BCUT2D eigenvalue weighted by Crippen LogP contribution is -2.36. The molecule has 1 aliphatic rings. The van der Waals surface area contributed by atoms with Gasteiger partial charge in [-0.05, 0) is 31.0 Å². The lowest BCUT2D eigenvalue weighted by molar-refractivity contribution is -0.179. The van der Waals surface area contributed by atoms with Gasteiger partial charge in [-0.2, -0.15) is 13.2 Å². The van der Waals surface area contributed by atoms with E-state index in [-0.39, 0.29) is 18.8 Å². The minimum Gasteiger partial charge on any atom is -0.399 e. The van der Waals surface area contributed by atoms with Crippen molar-refractivity contribution in [3.63, 3.8) is 0 Å². The van der Waals surface area contributed by atoms with Gasteiger partial charge in [0.1, 0.15) is 11.4 Å². The number of benzene rings is 1. The molecule has 0 radical (unpaired) electrons. The molecule has 3 rings (SSSR count). The van der Waals surface area contributed by atoms with Gasteiger partial charge in [-0.15, -0.1) is 0 Å². The molecule has 0 unspecified atom stereocenters. The van der Waals surface area contributed by atoms with Crippen molar-refractivity contribution in [2.24, 2.45) is 0 Å². The first-order chi connectivity index (χ1) is 9.26. The third kappa shape index (κ3) is 1.70. The van der Waals surface area contributed by atoms with Gasteiger partial charge in [0.2, 0.25) is 0 Å². The molecule has 1 aromatic carbocycles. The smallest absolute Gasteiger partial charge is 0.399 e. The number of halogens is 3. The average Bonchev–Trinajstić information content (AvgIpc) is 3.05. The Kier molecular flexibility index (Phi) is 2.59. The summed E-state index contributed by atoms with van der Waals surface area (Å²) >= 11 is 0. The van der Waals surface area contributed by atoms with Crippen molar-refractivity contribution in [2.45, 2.75) is 44.3 Å². The van der Waals surface area contributed by atoms with E-state index < -0.39 is 11.7 Å². The molecular weight excluding hydrogens is 267 g/mol. The van der Waals surface area contributed by atoms with Gasteiger partial charge in [0.15, 0.2) is 0 Å². The summed E-state index contributed by atoms with van der Waals surface area (Å²) in [4.78, 5) is 4.38. The van der Waals surface area contributed by atoms with Crippen LogP contribution in [0.2, 0.25) is 0 Å². The molecule has 0 amide bonds. The summed E-state index contributed by atoms with van der Waals surface area (Å²) in [6.07, 6.45) is -4.02. The van der Waals surface area contributed by atoms with Crippen LogP contribution in [0.5, 0.6) is 0 Å². The van der Waals surface area contributed by atoms with Gasteiger partial charge in [-0.3, -0.25) is 0 Å². The summed E-state index contributed by atoms with van der Waals surface area (Å²) in [5.41, 5.74) is 5.47. The van der Waals surface area contributed by atoms with Gasteiger partial charge < -0.3 is 10.3 Å². The maximum Gasteiger partial charge on any atom is 0.412 e. The van der Waals surface area contributed by atoms with Crippen molar-refractivity contribution in [2.75, 3.05) is 5.73 Å². The fourth-order valence-electron chi connectivity index (χ4n) is 2.71. The molecule has 0 aliphatic heterocycles. The van der Waals surface area contributed by atoms with Crippen LogP contribution < -0.4 is 5.73 Å². The predicted octanol–water partition coefficient (Wildman–Crippen LogP) is 3.79. The molecule has 1 fully saturated rings. The van der Waals surface area contributed by atoms with E-state index in [0.29, 0.717) is 22.5 Å². The van der Waals surface area contributed by atoms with E-state index in [1.807, 2.05) is 13.8 Å². The van der Waals surface area contributed by atoms with E-state index >= 15 is 0 Å². The Morgan fingerprint density at radius 2 is 1.95 bits per heavy atom. The maximum atomic E-state index is 13.4. The number of nitrogens with two attached hydrogens (primary N) is 1. The highest BCUT2D eigenvalue weighted by Crippen LogP contribution is 2.57. The number of hydrogen-bond acceptors (Lipinski definition) is 2. The lowest BCUT2D eigenvalue weighted by Gasteiger charge is -2.25. The standard InChI is InChI=1S/C14H16F3N3/c1-8(2)12-19-10-7-9(18)3-4-11(10)20(12)13(5-6-13)14(15,16)17/h3-4,7-8H,5-6,18H2,1-2H3. The number of fused-ring (bicyclic) bond motifs is 1. The Morgan fingerprint density at radius 1 is 1.30 bits per heavy atom. The van der Waals surface area contributed by atoms with E-state index in [9.17, 15) is 13.2 Å². The zero-order valence-electron chi connectivity index (χ0n) is 11.3. The molecule has 20 heavy (non-hydrogen) atoms. The summed E-state index contributed by atoms with van der Waals surface area (Å²) in [7, 11) is 0. The molecule has 108 valence electrons. The fourth-order valence-corrected chi connectivity index (χ4v) is 2.71. The van der Waals surface area contributed by atoms with Crippen LogP contribution in [-0.4, -0.2) is 15.7 Å². The molecule has 3 nitrogen and oxygen atoms in total. The number of anilines is 1. The third-order valence-electron chi connectivity index (χ3n) is 3.90. The van der Waals surface area contributed by atoms with E-state index in [4.69, 9.17) is 5.73 Å². The zero-order chi connectivity index (χ0) is 14.7. The molecule has 6 heteroatoms. The molecule has 0 saturated heterocycles. The first kappa shape index (κ1) is 13.3. The number of nitrogens with zero attached hydrogens (tertiary/aromatic N) is 2. The van der Waals surface area contributed by atoms with Crippen molar-refractivity contribution in [3.8, 4) is 0 Å².